The third-order valence-corrected chi connectivity index (χ3v) is 7.17. The predicted molar refractivity (Wildman–Crippen MR) is 131 cm³/mol. The SMILES string of the molecule is CCOc1ccc2c(c1)CC[C@]21Cc2nc(-c3ccccc3)c(NC(=O)CS(C)(=O)=O)n2C(=O)N1. The molecule has 0 radical (unpaired) electrons. The van der Waals surface area contributed by atoms with Gasteiger partial charge in [0, 0.05) is 18.2 Å². The molecule has 0 unspecified atom stereocenters. The van der Waals surface area contributed by atoms with Crippen LogP contribution in [0.15, 0.2) is 48.5 Å². The van der Waals surface area contributed by atoms with Crippen LogP contribution in [-0.2, 0) is 33.0 Å². The number of aromatic nitrogens is 2. The number of hydrogen-bond donors (Lipinski definition) is 2. The number of carbonyl (C=O) groups is 2. The second kappa shape index (κ2) is 8.53. The van der Waals surface area contributed by atoms with Crippen molar-refractivity contribution in [3.8, 4) is 17.0 Å². The van der Waals surface area contributed by atoms with Gasteiger partial charge in [0.25, 0.3) is 0 Å². The number of nitrogens with zero attached hydrogens (tertiary/aromatic N) is 2. The second-order valence-corrected chi connectivity index (χ2v) is 11.1. The molecule has 10 heteroatoms. The molecule has 2 N–H and O–H groups in total. The van der Waals surface area contributed by atoms with Crippen LogP contribution < -0.4 is 15.4 Å². The lowest BCUT2D eigenvalue weighted by Crippen LogP contribution is -2.52. The predicted octanol–water partition coefficient (Wildman–Crippen LogP) is 2.89. The van der Waals surface area contributed by atoms with Crippen molar-refractivity contribution in [3.63, 3.8) is 0 Å². The maximum atomic E-state index is 13.5. The van der Waals surface area contributed by atoms with Gasteiger partial charge in [-0.05, 0) is 43.0 Å². The zero-order valence-electron chi connectivity index (χ0n) is 19.5. The maximum absolute atomic E-state index is 13.5. The summed E-state index contributed by atoms with van der Waals surface area (Å²) < 4.78 is 30.3. The molecule has 1 aliphatic heterocycles. The molecule has 1 spiro atoms. The van der Waals surface area contributed by atoms with Crippen molar-refractivity contribution >= 4 is 27.6 Å². The number of rotatable bonds is 6. The highest BCUT2D eigenvalue weighted by Crippen LogP contribution is 2.44. The molecular weight excluding hydrogens is 468 g/mol. The highest BCUT2D eigenvalue weighted by Gasteiger charge is 2.46. The van der Waals surface area contributed by atoms with Crippen LogP contribution in [0.2, 0.25) is 0 Å². The normalized spacial score (nSPS) is 18.6. The monoisotopic (exact) mass is 494 g/mol. The first-order valence-corrected chi connectivity index (χ1v) is 13.5. The maximum Gasteiger partial charge on any atom is 0.329 e. The molecule has 0 fully saturated rings. The molecular formula is C25H26N4O5S. The van der Waals surface area contributed by atoms with Gasteiger partial charge in [-0.2, -0.15) is 0 Å². The van der Waals surface area contributed by atoms with E-state index in [0.717, 1.165) is 29.6 Å². The minimum atomic E-state index is -3.55. The van der Waals surface area contributed by atoms with E-state index in [1.54, 1.807) is 0 Å². The quantitative estimate of drug-likeness (QED) is 0.544. The van der Waals surface area contributed by atoms with Crippen LogP contribution in [0.1, 0.15) is 30.3 Å². The van der Waals surface area contributed by atoms with Crippen molar-refractivity contribution in [2.45, 2.75) is 31.7 Å². The Bertz CT molecular complexity index is 1430. The molecule has 9 nitrogen and oxygen atoms in total. The Labute approximate surface area is 203 Å². The van der Waals surface area contributed by atoms with E-state index in [4.69, 9.17) is 9.72 Å². The summed E-state index contributed by atoms with van der Waals surface area (Å²) in [5.41, 5.74) is 2.67. The summed E-state index contributed by atoms with van der Waals surface area (Å²) in [6.45, 7) is 2.51. The average molecular weight is 495 g/mol. The molecule has 2 aromatic carbocycles. The van der Waals surface area contributed by atoms with Crippen LogP contribution in [0, 0.1) is 0 Å². The van der Waals surface area contributed by atoms with Crippen LogP contribution in [0.4, 0.5) is 10.6 Å². The largest absolute Gasteiger partial charge is 0.494 e. The van der Waals surface area contributed by atoms with Gasteiger partial charge in [-0.3, -0.25) is 4.79 Å². The van der Waals surface area contributed by atoms with Crippen LogP contribution in [0.5, 0.6) is 5.75 Å². The average Bonchev–Trinajstić information content (AvgIpc) is 3.32. The summed E-state index contributed by atoms with van der Waals surface area (Å²) >= 11 is 0. The van der Waals surface area contributed by atoms with Crippen LogP contribution in [0.3, 0.4) is 0 Å². The lowest BCUT2D eigenvalue weighted by atomic mass is 9.86. The molecule has 0 saturated heterocycles. The van der Waals surface area contributed by atoms with Crippen molar-refractivity contribution in [3.05, 3.63) is 65.5 Å². The molecule has 182 valence electrons. The first kappa shape index (κ1) is 23.1. The topological polar surface area (TPSA) is 119 Å². The number of anilines is 1. The molecule has 0 saturated carbocycles. The highest BCUT2D eigenvalue weighted by atomic mass is 32.2. The first-order chi connectivity index (χ1) is 16.7. The molecule has 5 rings (SSSR count). The molecule has 3 aromatic rings. The number of carbonyl (C=O) groups excluding carboxylic acids is 2. The number of fused-ring (bicyclic) bond motifs is 3. The van der Waals surface area contributed by atoms with Crippen molar-refractivity contribution in [1.29, 1.82) is 0 Å². The van der Waals surface area contributed by atoms with Gasteiger partial charge in [-0.25, -0.2) is 22.8 Å². The minimum absolute atomic E-state index is 0.164. The summed E-state index contributed by atoms with van der Waals surface area (Å²) in [7, 11) is -3.55. The number of benzene rings is 2. The van der Waals surface area contributed by atoms with Crippen molar-refractivity contribution in [2.24, 2.45) is 0 Å². The van der Waals surface area contributed by atoms with E-state index in [1.807, 2.05) is 55.5 Å². The van der Waals surface area contributed by atoms with Crippen molar-refractivity contribution in [2.75, 3.05) is 23.9 Å². The summed E-state index contributed by atoms with van der Waals surface area (Å²) in [6, 6.07) is 14.7. The molecule has 1 aromatic heterocycles. The molecule has 2 heterocycles. The third kappa shape index (κ3) is 4.29. The Morgan fingerprint density at radius 3 is 2.71 bits per heavy atom. The molecule has 35 heavy (non-hydrogen) atoms. The van der Waals surface area contributed by atoms with E-state index < -0.39 is 33.1 Å². The molecule has 2 amide bonds. The van der Waals surface area contributed by atoms with Gasteiger partial charge in [0.15, 0.2) is 9.84 Å². The third-order valence-electron chi connectivity index (χ3n) is 6.38. The second-order valence-electron chi connectivity index (χ2n) is 8.99. The molecule has 0 bridgehead atoms. The standard InChI is InChI=1S/C25H26N4O5S/c1-3-34-18-9-10-19-17(13-18)11-12-25(19)14-20-26-22(16-7-5-4-6-8-16)23(29(20)24(31)28-25)27-21(30)15-35(2,32)33/h4-10,13H,3,11-12,14-15H2,1-2H3,(H,27,30)(H,28,31)/t25-/m0/s1. The number of imidazole rings is 1. The zero-order chi connectivity index (χ0) is 24.8. The van der Waals surface area contributed by atoms with E-state index in [9.17, 15) is 18.0 Å². The summed E-state index contributed by atoms with van der Waals surface area (Å²) in [5, 5.41) is 5.78. The fourth-order valence-corrected chi connectivity index (χ4v) is 5.54. The van der Waals surface area contributed by atoms with Crippen LogP contribution in [-0.4, -0.2) is 48.5 Å². The lowest BCUT2D eigenvalue weighted by molar-refractivity contribution is -0.113. The van der Waals surface area contributed by atoms with Gasteiger partial charge >= 0.3 is 6.03 Å². The van der Waals surface area contributed by atoms with E-state index in [-0.39, 0.29) is 5.82 Å². The van der Waals surface area contributed by atoms with E-state index >= 15 is 0 Å². The van der Waals surface area contributed by atoms with Gasteiger partial charge < -0.3 is 15.4 Å². The van der Waals surface area contributed by atoms with Gasteiger partial charge in [0.2, 0.25) is 5.91 Å². The Kier molecular flexibility index (Phi) is 5.63. The smallest absolute Gasteiger partial charge is 0.329 e. The molecule has 1 aliphatic carbocycles. The van der Waals surface area contributed by atoms with E-state index in [2.05, 4.69) is 10.6 Å². The zero-order valence-corrected chi connectivity index (χ0v) is 20.3. The van der Waals surface area contributed by atoms with Gasteiger partial charge in [-0.1, -0.05) is 36.4 Å². The molecule has 2 aliphatic rings. The Morgan fingerprint density at radius 1 is 1.23 bits per heavy atom. The first-order valence-electron chi connectivity index (χ1n) is 11.4. The lowest BCUT2D eigenvalue weighted by Gasteiger charge is -2.35. The van der Waals surface area contributed by atoms with Crippen molar-refractivity contribution in [1.82, 2.24) is 14.9 Å². The van der Waals surface area contributed by atoms with Gasteiger partial charge in [-0.15, -0.1) is 0 Å². The van der Waals surface area contributed by atoms with E-state index in [1.165, 1.54) is 4.57 Å². The highest BCUT2D eigenvalue weighted by molar-refractivity contribution is 7.91. The fourth-order valence-electron chi connectivity index (χ4n) is 4.99. The number of hydrogen-bond acceptors (Lipinski definition) is 6. The summed E-state index contributed by atoms with van der Waals surface area (Å²) in [4.78, 5) is 30.8. The Hall–Kier alpha value is -3.66. The van der Waals surface area contributed by atoms with Gasteiger partial charge in [0.1, 0.15) is 28.8 Å². The molecule has 1 atom stereocenters. The number of aryl methyl sites for hydroxylation is 1. The number of amides is 2. The summed E-state index contributed by atoms with van der Waals surface area (Å²) in [5.74, 6) is 0.0495. The fraction of sp³-hybridized carbons (Fsp3) is 0.320. The number of nitrogens with one attached hydrogen (secondary N) is 2. The Balaban J connectivity index is 1.57. The number of ether oxygens (including phenoxy) is 1. The van der Waals surface area contributed by atoms with Crippen LogP contribution in [0.25, 0.3) is 11.3 Å². The Morgan fingerprint density at radius 2 is 2.00 bits per heavy atom. The minimum Gasteiger partial charge on any atom is -0.494 e. The summed E-state index contributed by atoms with van der Waals surface area (Å²) in [6.07, 6.45) is 2.93. The van der Waals surface area contributed by atoms with Crippen LogP contribution >= 0.6 is 0 Å². The van der Waals surface area contributed by atoms with E-state index in [0.29, 0.717) is 36.5 Å². The van der Waals surface area contributed by atoms with Crippen molar-refractivity contribution < 1.29 is 22.7 Å². The van der Waals surface area contributed by atoms with Gasteiger partial charge in [0.05, 0.1) is 12.1 Å². The number of sulfone groups is 1.